The molecule has 0 aliphatic carbocycles. The number of benzene rings is 2. The lowest BCUT2D eigenvalue weighted by molar-refractivity contribution is -0.404. The van der Waals surface area contributed by atoms with E-state index in [2.05, 4.69) is 21.6 Å². The fourth-order valence-corrected chi connectivity index (χ4v) is 2.64. The average molecular weight is 421 g/mol. The van der Waals surface area contributed by atoms with Crippen molar-refractivity contribution < 1.29 is 9.66 Å². The second-order valence-electron chi connectivity index (χ2n) is 6.68. The zero-order chi connectivity index (χ0) is 20.2. The Morgan fingerprint density at radius 2 is 1.83 bits per heavy atom. The molecule has 2 N–H and O–H groups in total. The number of hydrogen-bond acceptors (Lipinski definition) is 6. The zero-order valence-electron chi connectivity index (χ0n) is 16.8. The highest BCUT2D eigenvalue weighted by Gasteiger charge is 2.03. The van der Waals surface area contributed by atoms with Crippen molar-refractivity contribution >= 4 is 12.4 Å². The van der Waals surface area contributed by atoms with Gasteiger partial charge in [-0.15, -0.1) is 12.4 Å². The van der Waals surface area contributed by atoms with Crippen LogP contribution >= 0.6 is 12.4 Å². The fraction of sp³-hybridized carbons (Fsp3) is 0.333. The van der Waals surface area contributed by atoms with Crippen LogP contribution in [0.1, 0.15) is 17.5 Å². The molecule has 0 radical (unpaired) electrons. The fourth-order valence-electron chi connectivity index (χ4n) is 2.64. The second kappa shape index (κ2) is 13.4. The molecule has 2 rings (SSSR count). The summed E-state index contributed by atoms with van der Waals surface area (Å²) in [6.45, 7) is 2.48. The molecule has 0 bridgehead atoms. The Hall–Kier alpha value is -2.77. The molecular weight excluding hydrogens is 392 g/mol. The number of hydrogen-bond donors (Lipinski definition) is 2. The summed E-state index contributed by atoms with van der Waals surface area (Å²) in [6.07, 6.45) is 1.68. The lowest BCUT2D eigenvalue weighted by Crippen LogP contribution is -2.28. The van der Waals surface area contributed by atoms with E-state index in [1.165, 1.54) is 5.56 Å². The van der Waals surface area contributed by atoms with Crippen LogP contribution in [-0.4, -0.2) is 37.1 Å². The first-order valence-corrected chi connectivity index (χ1v) is 9.26. The zero-order valence-corrected chi connectivity index (χ0v) is 17.7. The van der Waals surface area contributed by atoms with Crippen molar-refractivity contribution in [2.75, 3.05) is 27.2 Å². The van der Waals surface area contributed by atoms with Crippen molar-refractivity contribution in [3.63, 3.8) is 0 Å². The van der Waals surface area contributed by atoms with Gasteiger partial charge in [0, 0.05) is 19.6 Å². The van der Waals surface area contributed by atoms with Crippen molar-refractivity contribution in [2.24, 2.45) is 0 Å². The lowest BCUT2D eigenvalue weighted by Gasteiger charge is -2.13. The van der Waals surface area contributed by atoms with Gasteiger partial charge in [0.1, 0.15) is 5.75 Å². The second-order valence-corrected chi connectivity index (χ2v) is 6.68. The monoisotopic (exact) mass is 420 g/mol. The molecule has 0 spiro atoms. The average Bonchev–Trinajstić information content (AvgIpc) is 2.66. The van der Waals surface area contributed by atoms with Gasteiger partial charge in [0.05, 0.1) is 11.5 Å². The van der Waals surface area contributed by atoms with Gasteiger partial charge in [0.2, 0.25) is 0 Å². The van der Waals surface area contributed by atoms with E-state index >= 15 is 0 Å². The highest BCUT2D eigenvalue weighted by Crippen LogP contribution is 2.14. The van der Waals surface area contributed by atoms with Crippen molar-refractivity contribution in [1.82, 2.24) is 15.5 Å². The Morgan fingerprint density at radius 3 is 2.52 bits per heavy atom. The number of ether oxygens (including phenoxy) is 1. The van der Waals surface area contributed by atoms with Gasteiger partial charge in [0.15, 0.2) is 5.82 Å². The van der Waals surface area contributed by atoms with Crippen LogP contribution in [0.2, 0.25) is 0 Å². The number of rotatable bonds is 12. The van der Waals surface area contributed by atoms with Crippen LogP contribution in [0.4, 0.5) is 0 Å². The highest BCUT2D eigenvalue weighted by atomic mass is 35.5. The molecule has 0 saturated carbocycles. The predicted molar refractivity (Wildman–Crippen MR) is 118 cm³/mol. The van der Waals surface area contributed by atoms with Crippen LogP contribution in [-0.2, 0) is 13.1 Å². The van der Waals surface area contributed by atoms with E-state index in [-0.39, 0.29) is 12.4 Å². The van der Waals surface area contributed by atoms with Gasteiger partial charge < -0.3 is 20.3 Å². The normalized spacial score (nSPS) is 10.9. The molecule has 0 aliphatic heterocycles. The predicted octanol–water partition coefficient (Wildman–Crippen LogP) is 3.39. The third kappa shape index (κ3) is 10.4. The largest absolute Gasteiger partial charge is 0.494 e. The Bertz CT molecular complexity index is 770. The smallest absolute Gasteiger partial charge is 0.274 e. The molecule has 0 heterocycles. The molecule has 0 aliphatic rings. The van der Waals surface area contributed by atoms with Gasteiger partial charge in [-0.25, -0.2) is 0 Å². The molecule has 0 saturated heterocycles. The summed E-state index contributed by atoms with van der Waals surface area (Å²) in [6, 6.07) is 17.8. The molecule has 2 aromatic carbocycles. The summed E-state index contributed by atoms with van der Waals surface area (Å²) in [5.74, 6) is 1.23. The maximum absolute atomic E-state index is 10.8. The number of nitrogens with zero attached hydrogens (tertiary/aromatic N) is 2. The molecule has 0 atom stereocenters. The van der Waals surface area contributed by atoms with E-state index in [1.54, 1.807) is 0 Å². The molecular formula is C21H29ClN4O3. The minimum Gasteiger partial charge on any atom is -0.494 e. The van der Waals surface area contributed by atoms with E-state index < -0.39 is 4.92 Å². The Kier molecular flexibility index (Phi) is 11.2. The summed E-state index contributed by atoms with van der Waals surface area (Å²) >= 11 is 0. The molecule has 2 aromatic rings. The molecule has 0 unspecified atom stereocenters. The van der Waals surface area contributed by atoms with E-state index in [9.17, 15) is 10.1 Å². The van der Waals surface area contributed by atoms with Crippen molar-refractivity contribution in [3.05, 3.63) is 87.9 Å². The third-order valence-electron chi connectivity index (χ3n) is 3.86. The summed E-state index contributed by atoms with van der Waals surface area (Å²) < 4.78 is 5.79. The summed E-state index contributed by atoms with van der Waals surface area (Å²) in [5, 5.41) is 17.0. The van der Waals surface area contributed by atoms with Crippen LogP contribution in [0.3, 0.4) is 0 Å². The van der Waals surface area contributed by atoms with Gasteiger partial charge in [-0.1, -0.05) is 42.5 Å². The molecule has 0 aromatic heterocycles. The van der Waals surface area contributed by atoms with Gasteiger partial charge in [-0.05, 0) is 43.8 Å². The first kappa shape index (κ1) is 24.3. The summed E-state index contributed by atoms with van der Waals surface area (Å²) in [7, 11) is 4.06. The number of nitro groups is 1. The number of halogens is 1. The maximum atomic E-state index is 10.8. The molecule has 8 heteroatoms. The molecule has 0 fully saturated rings. The summed E-state index contributed by atoms with van der Waals surface area (Å²) in [4.78, 5) is 12.5. The maximum Gasteiger partial charge on any atom is 0.274 e. The van der Waals surface area contributed by atoms with Crippen LogP contribution in [0, 0.1) is 10.1 Å². The van der Waals surface area contributed by atoms with Gasteiger partial charge in [-0.2, -0.15) is 0 Å². The van der Waals surface area contributed by atoms with E-state index in [0.717, 1.165) is 30.5 Å². The summed E-state index contributed by atoms with van der Waals surface area (Å²) in [5.41, 5.74) is 2.25. The lowest BCUT2D eigenvalue weighted by atomic mass is 10.2. The Labute approximate surface area is 178 Å². The first-order valence-electron chi connectivity index (χ1n) is 9.26. The first-order chi connectivity index (χ1) is 13.5. The SMILES string of the molecule is CN(C)Cc1cccc(OCCCNC(=C[N+](=O)[O-])NCc2ccccc2)c1.Cl. The van der Waals surface area contributed by atoms with Crippen LogP contribution < -0.4 is 15.4 Å². The van der Waals surface area contributed by atoms with E-state index in [4.69, 9.17) is 4.74 Å². The Morgan fingerprint density at radius 1 is 1.10 bits per heavy atom. The topological polar surface area (TPSA) is 79.7 Å². The van der Waals surface area contributed by atoms with E-state index in [0.29, 0.717) is 25.5 Å². The van der Waals surface area contributed by atoms with Crippen LogP contribution in [0.15, 0.2) is 66.6 Å². The van der Waals surface area contributed by atoms with E-state index in [1.807, 2.05) is 62.6 Å². The molecule has 7 nitrogen and oxygen atoms in total. The van der Waals surface area contributed by atoms with Crippen molar-refractivity contribution in [3.8, 4) is 5.75 Å². The van der Waals surface area contributed by atoms with Crippen molar-refractivity contribution in [2.45, 2.75) is 19.5 Å². The van der Waals surface area contributed by atoms with Gasteiger partial charge >= 0.3 is 0 Å². The van der Waals surface area contributed by atoms with Crippen molar-refractivity contribution in [1.29, 1.82) is 0 Å². The highest BCUT2D eigenvalue weighted by molar-refractivity contribution is 5.85. The number of nitrogens with one attached hydrogen (secondary N) is 2. The third-order valence-corrected chi connectivity index (χ3v) is 3.86. The molecule has 158 valence electrons. The quantitative estimate of drug-likeness (QED) is 0.311. The van der Waals surface area contributed by atoms with Crippen LogP contribution in [0.5, 0.6) is 5.75 Å². The van der Waals surface area contributed by atoms with Crippen LogP contribution in [0.25, 0.3) is 0 Å². The minimum absolute atomic E-state index is 0. The van der Waals surface area contributed by atoms with Gasteiger partial charge in [-0.3, -0.25) is 10.1 Å². The Balaban J connectivity index is 0.00000420. The molecule has 29 heavy (non-hydrogen) atoms. The van der Waals surface area contributed by atoms with Gasteiger partial charge in [0.25, 0.3) is 6.20 Å². The standard InChI is InChI=1S/C21H28N4O3.ClH/c1-24(2)16-19-10-6-11-20(14-19)28-13-7-12-22-21(17-25(26)27)23-15-18-8-4-3-5-9-18;/h3-6,8-11,14,17,22-23H,7,12-13,15-16H2,1-2H3;1H. The minimum atomic E-state index is -0.465. The molecule has 0 amide bonds.